The summed E-state index contributed by atoms with van der Waals surface area (Å²) in [6.45, 7) is 2.20. The van der Waals surface area contributed by atoms with Crippen molar-refractivity contribution >= 4 is 35.6 Å². The van der Waals surface area contributed by atoms with Gasteiger partial charge in [0.1, 0.15) is 0 Å². The van der Waals surface area contributed by atoms with Crippen LogP contribution in [0.5, 0.6) is 0 Å². The highest BCUT2D eigenvalue weighted by atomic mass is 35.5. The Morgan fingerprint density at radius 2 is 1.71 bits per heavy atom. The van der Waals surface area contributed by atoms with E-state index in [0.29, 0.717) is 6.54 Å². The van der Waals surface area contributed by atoms with Gasteiger partial charge in [0, 0.05) is 18.2 Å². The van der Waals surface area contributed by atoms with Gasteiger partial charge in [-0.15, -0.1) is 12.4 Å². The van der Waals surface area contributed by atoms with E-state index in [1.807, 2.05) is 0 Å². The number of para-hydroxylation sites is 1. The number of rotatable bonds is 6. The van der Waals surface area contributed by atoms with Gasteiger partial charge in [-0.2, -0.15) is 13.2 Å². The van der Waals surface area contributed by atoms with E-state index in [9.17, 15) is 22.8 Å². The molecule has 0 aromatic heterocycles. The summed E-state index contributed by atoms with van der Waals surface area (Å²) in [7, 11) is 1.72. The summed E-state index contributed by atoms with van der Waals surface area (Å²) in [6.07, 6.45) is -4.50. The predicted octanol–water partition coefficient (Wildman–Crippen LogP) is 4.17. The number of hydrogen-bond acceptors (Lipinski definition) is 3. The second-order valence-electron chi connectivity index (χ2n) is 6.03. The van der Waals surface area contributed by atoms with E-state index in [4.69, 9.17) is 0 Å². The third kappa shape index (κ3) is 6.24. The maximum atomic E-state index is 12.8. The fraction of sp³-hybridized carbons (Fsp3) is 0.263. The number of carbonyl (C=O) groups excluding carboxylic acids is 2. The molecule has 1 unspecified atom stereocenters. The van der Waals surface area contributed by atoms with Crippen molar-refractivity contribution in [1.82, 2.24) is 5.32 Å². The Morgan fingerprint density at radius 1 is 1.04 bits per heavy atom. The number of nitrogens with one attached hydrogen (secondary N) is 3. The zero-order valence-corrected chi connectivity index (χ0v) is 16.1. The quantitative estimate of drug-likeness (QED) is 0.663. The SMILES string of the molecule is CNCC(C)C(=O)Nc1ccccc1C(=O)Nc1cccc(C(F)(F)F)c1.Cl. The number of amides is 2. The largest absolute Gasteiger partial charge is 0.416 e. The van der Waals surface area contributed by atoms with Crippen LogP contribution in [0.15, 0.2) is 48.5 Å². The zero-order chi connectivity index (χ0) is 20.0. The van der Waals surface area contributed by atoms with Crippen LogP contribution in [-0.2, 0) is 11.0 Å². The number of anilines is 2. The van der Waals surface area contributed by atoms with Gasteiger partial charge in [-0.05, 0) is 37.4 Å². The molecular weight excluding hydrogens is 395 g/mol. The average molecular weight is 416 g/mol. The standard InChI is InChI=1S/C19H20F3N3O2.ClH/c1-12(11-23-2)17(26)25-16-9-4-3-8-15(16)18(27)24-14-7-5-6-13(10-14)19(20,21)22;/h3-10,12,23H,11H2,1-2H3,(H,24,27)(H,25,26);1H. The molecule has 152 valence electrons. The van der Waals surface area contributed by atoms with Crippen molar-refractivity contribution in [2.45, 2.75) is 13.1 Å². The van der Waals surface area contributed by atoms with Crippen molar-refractivity contribution in [2.75, 3.05) is 24.2 Å². The van der Waals surface area contributed by atoms with E-state index >= 15 is 0 Å². The Morgan fingerprint density at radius 3 is 2.36 bits per heavy atom. The molecule has 28 heavy (non-hydrogen) atoms. The minimum absolute atomic E-state index is 0. The molecule has 2 rings (SSSR count). The van der Waals surface area contributed by atoms with E-state index in [1.54, 1.807) is 32.2 Å². The summed E-state index contributed by atoms with van der Waals surface area (Å²) in [5, 5.41) is 8.00. The first-order valence-corrected chi connectivity index (χ1v) is 8.25. The van der Waals surface area contributed by atoms with Crippen LogP contribution in [0.3, 0.4) is 0 Å². The topological polar surface area (TPSA) is 70.2 Å². The first-order valence-electron chi connectivity index (χ1n) is 8.25. The molecular formula is C19H21ClF3N3O2. The van der Waals surface area contributed by atoms with E-state index in [1.165, 1.54) is 18.2 Å². The number of alkyl halides is 3. The molecule has 0 spiro atoms. The number of carbonyl (C=O) groups is 2. The zero-order valence-electron chi connectivity index (χ0n) is 15.3. The minimum atomic E-state index is -4.50. The van der Waals surface area contributed by atoms with Gasteiger partial charge in [0.25, 0.3) is 5.91 Å². The highest BCUT2D eigenvalue weighted by Gasteiger charge is 2.30. The van der Waals surface area contributed by atoms with Crippen molar-refractivity contribution in [3.05, 3.63) is 59.7 Å². The molecule has 2 amide bonds. The molecule has 1 atom stereocenters. The fourth-order valence-corrected chi connectivity index (χ4v) is 2.42. The number of halogens is 4. The van der Waals surface area contributed by atoms with Crippen LogP contribution in [0, 0.1) is 5.92 Å². The normalized spacial score (nSPS) is 11.9. The lowest BCUT2D eigenvalue weighted by Crippen LogP contribution is -2.29. The minimum Gasteiger partial charge on any atom is -0.325 e. The molecule has 2 aromatic carbocycles. The van der Waals surface area contributed by atoms with Gasteiger partial charge in [0.05, 0.1) is 16.8 Å². The van der Waals surface area contributed by atoms with E-state index in [0.717, 1.165) is 12.1 Å². The fourth-order valence-electron chi connectivity index (χ4n) is 2.42. The monoisotopic (exact) mass is 415 g/mol. The Kier molecular flexibility index (Phi) is 8.46. The summed E-state index contributed by atoms with van der Waals surface area (Å²) < 4.78 is 38.4. The van der Waals surface area contributed by atoms with Crippen LogP contribution < -0.4 is 16.0 Å². The molecule has 0 aliphatic rings. The number of hydrogen-bond donors (Lipinski definition) is 3. The third-order valence-electron chi connectivity index (χ3n) is 3.84. The summed E-state index contributed by atoms with van der Waals surface area (Å²) in [4.78, 5) is 24.7. The Bertz CT molecular complexity index is 828. The van der Waals surface area contributed by atoms with E-state index < -0.39 is 17.6 Å². The first-order chi connectivity index (χ1) is 12.7. The van der Waals surface area contributed by atoms with Gasteiger partial charge in [-0.25, -0.2) is 0 Å². The van der Waals surface area contributed by atoms with E-state index in [2.05, 4.69) is 16.0 Å². The van der Waals surface area contributed by atoms with Gasteiger partial charge in [0.2, 0.25) is 5.91 Å². The Labute approximate surface area is 167 Å². The molecule has 0 heterocycles. The second kappa shape index (κ2) is 10.1. The maximum absolute atomic E-state index is 12.8. The van der Waals surface area contributed by atoms with Crippen LogP contribution in [0.4, 0.5) is 24.5 Å². The van der Waals surface area contributed by atoms with Crippen LogP contribution in [0.25, 0.3) is 0 Å². The van der Waals surface area contributed by atoms with Gasteiger partial charge in [-0.3, -0.25) is 9.59 Å². The molecule has 0 saturated heterocycles. The van der Waals surface area contributed by atoms with Crippen molar-refractivity contribution in [1.29, 1.82) is 0 Å². The van der Waals surface area contributed by atoms with Gasteiger partial charge in [-0.1, -0.05) is 25.1 Å². The van der Waals surface area contributed by atoms with Gasteiger partial charge < -0.3 is 16.0 Å². The highest BCUT2D eigenvalue weighted by Crippen LogP contribution is 2.31. The predicted molar refractivity (Wildman–Crippen MR) is 105 cm³/mol. The van der Waals surface area contributed by atoms with Gasteiger partial charge in [0.15, 0.2) is 0 Å². The van der Waals surface area contributed by atoms with Crippen molar-refractivity contribution in [3.8, 4) is 0 Å². The summed E-state index contributed by atoms with van der Waals surface area (Å²) in [5.41, 5.74) is -0.405. The van der Waals surface area contributed by atoms with Crippen molar-refractivity contribution < 1.29 is 22.8 Å². The Balaban J connectivity index is 0.00000392. The molecule has 0 bridgehead atoms. The molecule has 2 aromatic rings. The lowest BCUT2D eigenvalue weighted by atomic mass is 10.1. The molecule has 3 N–H and O–H groups in total. The molecule has 0 aliphatic carbocycles. The molecule has 5 nitrogen and oxygen atoms in total. The van der Waals surface area contributed by atoms with Crippen molar-refractivity contribution in [2.24, 2.45) is 5.92 Å². The van der Waals surface area contributed by atoms with Crippen LogP contribution in [-0.4, -0.2) is 25.4 Å². The molecule has 0 radical (unpaired) electrons. The highest BCUT2D eigenvalue weighted by molar-refractivity contribution is 6.10. The molecule has 0 fully saturated rings. The van der Waals surface area contributed by atoms with Crippen LogP contribution >= 0.6 is 12.4 Å². The number of benzene rings is 2. The van der Waals surface area contributed by atoms with Crippen molar-refractivity contribution in [3.63, 3.8) is 0 Å². The van der Waals surface area contributed by atoms with E-state index in [-0.39, 0.29) is 41.2 Å². The lowest BCUT2D eigenvalue weighted by Gasteiger charge is -2.15. The molecule has 0 aliphatic heterocycles. The van der Waals surface area contributed by atoms with Crippen LogP contribution in [0.2, 0.25) is 0 Å². The first kappa shape index (κ1) is 23.5. The smallest absolute Gasteiger partial charge is 0.325 e. The second-order valence-corrected chi connectivity index (χ2v) is 6.03. The summed E-state index contributed by atoms with van der Waals surface area (Å²) in [6, 6.07) is 10.7. The molecule has 0 saturated carbocycles. The Hall–Kier alpha value is -2.58. The summed E-state index contributed by atoms with van der Waals surface area (Å²) in [5.74, 6) is -1.22. The third-order valence-corrected chi connectivity index (χ3v) is 3.84. The average Bonchev–Trinajstić information content (AvgIpc) is 2.61. The van der Waals surface area contributed by atoms with Gasteiger partial charge >= 0.3 is 6.18 Å². The maximum Gasteiger partial charge on any atom is 0.416 e. The van der Waals surface area contributed by atoms with Crippen LogP contribution in [0.1, 0.15) is 22.8 Å². The summed E-state index contributed by atoms with van der Waals surface area (Å²) >= 11 is 0. The molecule has 9 heteroatoms. The lowest BCUT2D eigenvalue weighted by molar-refractivity contribution is -0.137.